The van der Waals surface area contributed by atoms with E-state index in [0.717, 1.165) is 25.9 Å². The molecule has 4 nitrogen and oxygen atoms in total. The van der Waals surface area contributed by atoms with Gasteiger partial charge in [0.25, 0.3) is 5.91 Å². The number of benzene rings is 1. The minimum absolute atomic E-state index is 0.0533. The van der Waals surface area contributed by atoms with E-state index in [9.17, 15) is 9.59 Å². The third kappa shape index (κ3) is 3.64. The van der Waals surface area contributed by atoms with Crippen LogP contribution in [0.3, 0.4) is 0 Å². The smallest absolute Gasteiger partial charge is 0.251 e. The van der Waals surface area contributed by atoms with Gasteiger partial charge in [0.1, 0.15) is 0 Å². The van der Waals surface area contributed by atoms with Crippen LogP contribution in [-0.4, -0.2) is 30.8 Å². The lowest BCUT2D eigenvalue weighted by atomic mass is 10.0. The number of carbonyl (C=O) groups excluding carboxylic acids is 2. The van der Waals surface area contributed by atoms with Crippen molar-refractivity contribution in [2.45, 2.75) is 32.2 Å². The van der Waals surface area contributed by atoms with Crippen LogP contribution in [0.4, 0.5) is 0 Å². The summed E-state index contributed by atoms with van der Waals surface area (Å²) in [6, 6.07) is 7.15. The van der Waals surface area contributed by atoms with Crippen LogP contribution >= 0.6 is 0 Å². The van der Waals surface area contributed by atoms with Crippen molar-refractivity contribution in [1.82, 2.24) is 10.6 Å². The van der Waals surface area contributed by atoms with Gasteiger partial charge in [0.05, 0.1) is 0 Å². The first-order valence-electron chi connectivity index (χ1n) is 6.85. The lowest BCUT2D eigenvalue weighted by Gasteiger charge is -2.23. The molecule has 1 aromatic rings. The molecule has 0 aliphatic carbocycles. The average Bonchev–Trinajstić information content (AvgIpc) is 2.47. The highest BCUT2D eigenvalue weighted by Gasteiger charge is 2.16. The predicted octanol–water partition coefficient (Wildman–Crippen LogP) is 1.76. The van der Waals surface area contributed by atoms with Gasteiger partial charge in [-0.05, 0) is 38.1 Å². The fourth-order valence-electron chi connectivity index (χ4n) is 2.25. The Hall–Kier alpha value is -1.68. The summed E-state index contributed by atoms with van der Waals surface area (Å²) >= 11 is 0. The van der Waals surface area contributed by atoms with Gasteiger partial charge in [-0.1, -0.05) is 19.1 Å². The first-order chi connectivity index (χ1) is 9.20. The second-order valence-corrected chi connectivity index (χ2v) is 4.85. The Morgan fingerprint density at radius 2 is 1.74 bits per heavy atom. The number of carbonyl (C=O) groups is 2. The Morgan fingerprint density at radius 1 is 1.16 bits per heavy atom. The van der Waals surface area contributed by atoms with Crippen LogP contribution in [0.15, 0.2) is 24.3 Å². The van der Waals surface area contributed by atoms with E-state index in [0.29, 0.717) is 17.5 Å². The highest BCUT2D eigenvalue weighted by molar-refractivity contribution is 5.98. The third-order valence-corrected chi connectivity index (χ3v) is 3.46. The fraction of sp³-hybridized carbons (Fsp3) is 0.467. The molecule has 0 atom stereocenters. The zero-order valence-electron chi connectivity index (χ0n) is 11.2. The second-order valence-electron chi connectivity index (χ2n) is 4.85. The Bertz CT molecular complexity index is 448. The lowest BCUT2D eigenvalue weighted by molar-refractivity contribution is 0.0927. The summed E-state index contributed by atoms with van der Waals surface area (Å²) in [5, 5.41) is 6.30. The van der Waals surface area contributed by atoms with E-state index >= 15 is 0 Å². The Morgan fingerprint density at radius 3 is 2.32 bits per heavy atom. The van der Waals surface area contributed by atoms with E-state index in [1.54, 1.807) is 24.3 Å². The van der Waals surface area contributed by atoms with Crippen molar-refractivity contribution < 1.29 is 9.59 Å². The van der Waals surface area contributed by atoms with Crippen LogP contribution in [-0.2, 0) is 0 Å². The normalized spacial score (nSPS) is 16.1. The third-order valence-electron chi connectivity index (χ3n) is 3.46. The molecule has 1 aliphatic heterocycles. The SMILES string of the molecule is CCC(=O)c1ccc(C(=O)NC2CCNCC2)cc1. The van der Waals surface area contributed by atoms with Gasteiger partial charge in [0.15, 0.2) is 5.78 Å². The van der Waals surface area contributed by atoms with Gasteiger partial charge >= 0.3 is 0 Å². The first kappa shape index (κ1) is 13.7. The topological polar surface area (TPSA) is 58.2 Å². The molecule has 1 fully saturated rings. The van der Waals surface area contributed by atoms with E-state index in [1.807, 2.05) is 6.92 Å². The standard InChI is InChI=1S/C15H20N2O2/c1-2-14(18)11-3-5-12(6-4-11)15(19)17-13-7-9-16-10-8-13/h3-6,13,16H,2,7-10H2,1H3,(H,17,19). The van der Waals surface area contributed by atoms with Crippen LogP contribution in [0, 0.1) is 0 Å². The van der Waals surface area contributed by atoms with Crippen molar-refractivity contribution in [1.29, 1.82) is 0 Å². The molecule has 0 unspecified atom stereocenters. The number of Topliss-reactive ketones (excluding diaryl/α,β-unsaturated/α-hetero) is 1. The van der Waals surface area contributed by atoms with Crippen molar-refractivity contribution in [2.75, 3.05) is 13.1 Å². The highest BCUT2D eigenvalue weighted by Crippen LogP contribution is 2.09. The molecule has 0 aromatic heterocycles. The van der Waals surface area contributed by atoms with Gasteiger partial charge in [-0.2, -0.15) is 0 Å². The molecule has 1 amide bonds. The van der Waals surface area contributed by atoms with Crippen molar-refractivity contribution >= 4 is 11.7 Å². The van der Waals surface area contributed by atoms with Crippen LogP contribution in [0.1, 0.15) is 46.9 Å². The summed E-state index contributed by atoms with van der Waals surface area (Å²) in [5.74, 6) is 0.0488. The van der Waals surface area contributed by atoms with Crippen molar-refractivity contribution in [3.8, 4) is 0 Å². The van der Waals surface area contributed by atoms with Gasteiger partial charge in [-0.3, -0.25) is 9.59 Å². The average molecular weight is 260 g/mol. The molecule has 102 valence electrons. The summed E-state index contributed by atoms with van der Waals surface area (Å²) in [6.07, 6.45) is 2.43. The molecule has 0 bridgehead atoms. The van der Waals surface area contributed by atoms with Gasteiger partial charge in [-0.15, -0.1) is 0 Å². The van der Waals surface area contributed by atoms with Crippen LogP contribution < -0.4 is 10.6 Å². The molecular weight excluding hydrogens is 240 g/mol. The maximum absolute atomic E-state index is 12.0. The lowest BCUT2D eigenvalue weighted by Crippen LogP contribution is -2.42. The molecule has 0 radical (unpaired) electrons. The molecule has 0 spiro atoms. The number of piperidine rings is 1. The van der Waals surface area contributed by atoms with E-state index in [2.05, 4.69) is 10.6 Å². The highest BCUT2D eigenvalue weighted by atomic mass is 16.1. The fourth-order valence-corrected chi connectivity index (χ4v) is 2.25. The summed E-state index contributed by atoms with van der Waals surface area (Å²) in [4.78, 5) is 23.6. The van der Waals surface area contributed by atoms with Crippen molar-refractivity contribution in [3.63, 3.8) is 0 Å². The van der Waals surface area contributed by atoms with Gasteiger partial charge < -0.3 is 10.6 Å². The number of hydrogen-bond donors (Lipinski definition) is 2. The maximum Gasteiger partial charge on any atom is 0.251 e. The maximum atomic E-state index is 12.0. The quantitative estimate of drug-likeness (QED) is 0.811. The van der Waals surface area contributed by atoms with E-state index in [1.165, 1.54) is 0 Å². The van der Waals surface area contributed by atoms with Crippen LogP contribution in [0.25, 0.3) is 0 Å². The zero-order valence-corrected chi connectivity index (χ0v) is 11.2. The predicted molar refractivity (Wildman–Crippen MR) is 74.4 cm³/mol. The summed E-state index contributed by atoms with van der Waals surface area (Å²) in [5.41, 5.74) is 1.28. The van der Waals surface area contributed by atoms with Crippen LogP contribution in [0.5, 0.6) is 0 Å². The minimum atomic E-state index is -0.0533. The largest absolute Gasteiger partial charge is 0.349 e. The molecule has 1 heterocycles. The van der Waals surface area contributed by atoms with E-state index in [-0.39, 0.29) is 17.7 Å². The number of rotatable bonds is 4. The van der Waals surface area contributed by atoms with Gasteiger partial charge in [0.2, 0.25) is 0 Å². The van der Waals surface area contributed by atoms with E-state index < -0.39 is 0 Å². The molecule has 2 N–H and O–H groups in total. The monoisotopic (exact) mass is 260 g/mol. The molecule has 19 heavy (non-hydrogen) atoms. The number of nitrogens with one attached hydrogen (secondary N) is 2. The molecule has 0 saturated carbocycles. The Labute approximate surface area is 113 Å². The molecule has 1 saturated heterocycles. The zero-order chi connectivity index (χ0) is 13.7. The number of ketones is 1. The van der Waals surface area contributed by atoms with E-state index in [4.69, 9.17) is 0 Å². The molecule has 4 heteroatoms. The molecular formula is C15H20N2O2. The molecule has 1 aromatic carbocycles. The molecule has 1 aliphatic rings. The van der Waals surface area contributed by atoms with Crippen LogP contribution in [0.2, 0.25) is 0 Å². The van der Waals surface area contributed by atoms with Crippen molar-refractivity contribution in [3.05, 3.63) is 35.4 Å². The summed E-state index contributed by atoms with van der Waals surface area (Å²) < 4.78 is 0. The summed E-state index contributed by atoms with van der Waals surface area (Å²) in [7, 11) is 0. The van der Waals surface area contributed by atoms with Gasteiger partial charge in [0, 0.05) is 23.6 Å². The number of hydrogen-bond acceptors (Lipinski definition) is 3. The molecule has 2 rings (SSSR count). The first-order valence-corrected chi connectivity index (χ1v) is 6.85. The minimum Gasteiger partial charge on any atom is -0.349 e. The summed E-state index contributed by atoms with van der Waals surface area (Å²) in [6.45, 7) is 3.74. The van der Waals surface area contributed by atoms with Crippen molar-refractivity contribution in [2.24, 2.45) is 0 Å². The number of amides is 1. The Kier molecular flexibility index (Phi) is 4.68. The Balaban J connectivity index is 1.97. The second kappa shape index (κ2) is 6.48. The van der Waals surface area contributed by atoms with Gasteiger partial charge in [-0.25, -0.2) is 0 Å².